The van der Waals surface area contributed by atoms with Gasteiger partial charge in [0.05, 0.1) is 24.2 Å². The van der Waals surface area contributed by atoms with Crippen LogP contribution in [0.15, 0.2) is 54.6 Å². The number of para-hydroxylation sites is 2. The lowest BCUT2D eigenvalue weighted by Crippen LogP contribution is -2.57. The number of carbonyl (C=O) groups is 3. The summed E-state index contributed by atoms with van der Waals surface area (Å²) >= 11 is 0. The van der Waals surface area contributed by atoms with Crippen LogP contribution in [0.1, 0.15) is 57.2 Å². The van der Waals surface area contributed by atoms with Gasteiger partial charge in [0.15, 0.2) is 18.1 Å². The van der Waals surface area contributed by atoms with Crippen molar-refractivity contribution >= 4 is 18.0 Å². The first-order valence-electron chi connectivity index (χ1n) is 14.7. The van der Waals surface area contributed by atoms with Crippen LogP contribution >= 0.6 is 0 Å². The van der Waals surface area contributed by atoms with Crippen molar-refractivity contribution in [1.82, 2.24) is 20.1 Å². The zero-order chi connectivity index (χ0) is 32.0. The van der Waals surface area contributed by atoms with Crippen LogP contribution in [0.3, 0.4) is 0 Å². The van der Waals surface area contributed by atoms with Gasteiger partial charge in [-0.1, -0.05) is 49.4 Å². The summed E-state index contributed by atoms with van der Waals surface area (Å²) in [6, 6.07) is 14.6. The average molecular weight is 611 g/mol. The Morgan fingerprint density at radius 1 is 1.09 bits per heavy atom. The van der Waals surface area contributed by atoms with Crippen LogP contribution in [0, 0.1) is 17.7 Å². The van der Waals surface area contributed by atoms with E-state index in [1.54, 1.807) is 56.0 Å². The van der Waals surface area contributed by atoms with Crippen LogP contribution in [-0.2, 0) is 20.9 Å². The second-order valence-corrected chi connectivity index (χ2v) is 12.2. The third-order valence-corrected chi connectivity index (χ3v) is 7.10. The molecule has 0 saturated carbocycles. The molecule has 11 nitrogen and oxygen atoms in total. The summed E-state index contributed by atoms with van der Waals surface area (Å²) in [4.78, 5) is 43.4. The van der Waals surface area contributed by atoms with Crippen LogP contribution in [-0.4, -0.2) is 76.5 Å². The minimum Gasteiger partial charge on any atom is -0.485 e. The molecule has 12 heteroatoms. The summed E-state index contributed by atoms with van der Waals surface area (Å²) in [6.45, 7) is 9.70. The highest BCUT2D eigenvalue weighted by atomic mass is 19.1. The van der Waals surface area contributed by atoms with Gasteiger partial charge in [0.1, 0.15) is 11.4 Å². The van der Waals surface area contributed by atoms with Gasteiger partial charge >= 0.3 is 23.7 Å². The number of piperidine rings is 1. The van der Waals surface area contributed by atoms with Crippen molar-refractivity contribution < 1.29 is 37.7 Å². The second kappa shape index (κ2) is 13.9. The van der Waals surface area contributed by atoms with Gasteiger partial charge in [-0.25, -0.2) is 9.18 Å². The number of hydrogen-bond donors (Lipinski definition) is 1. The Balaban J connectivity index is 1.73. The molecule has 1 aliphatic rings. The van der Waals surface area contributed by atoms with Crippen molar-refractivity contribution in [3.8, 4) is 11.4 Å². The number of hydrogen-bond acceptors (Lipinski definition) is 7. The number of ether oxygens (including phenoxy) is 3. The molecule has 0 unspecified atom stereocenters. The third-order valence-electron chi connectivity index (χ3n) is 7.10. The molecular weight excluding hydrogens is 569 g/mol. The fourth-order valence-corrected chi connectivity index (χ4v) is 5.17. The standard InChI is InChI=1S/C32H40FN5O6/c1-21(2)17-37(23-16-22(30(40)42-6)18-36(19-23)31(41)44-32(3,4)5)29(39)28-27(20-43-24-12-8-7-9-13-24)38(35-34-28)26-15-11-10-14-25(26)33/h7-15,21-23H,16-20H2,1-6H3/p+1/t22-,23+/m1/s1. The highest BCUT2D eigenvalue weighted by Crippen LogP contribution is 2.27. The summed E-state index contributed by atoms with van der Waals surface area (Å²) in [5.74, 6) is -1.51. The number of H-pyrrole nitrogens is 1. The van der Waals surface area contributed by atoms with Crippen molar-refractivity contribution in [3.05, 3.63) is 71.8 Å². The molecule has 1 aliphatic heterocycles. The normalized spacial score (nSPS) is 16.9. The van der Waals surface area contributed by atoms with Gasteiger partial charge in [-0.2, -0.15) is 0 Å². The van der Waals surface area contributed by atoms with Gasteiger partial charge in [0.2, 0.25) is 5.69 Å². The number of halogens is 1. The van der Waals surface area contributed by atoms with Crippen LogP contribution in [0.25, 0.3) is 5.69 Å². The van der Waals surface area contributed by atoms with E-state index in [-0.39, 0.29) is 43.4 Å². The molecule has 1 saturated heterocycles. The molecule has 3 aromatic rings. The molecule has 44 heavy (non-hydrogen) atoms. The minimum atomic E-state index is -0.749. The van der Waals surface area contributed by atoms with E-state index < -0.39 is 41.3 Å². The number of aromatic nitrogens is 3. The Hall–Kier alpha value is -4.48. The van der Waals surface area contributed by atoms with Crippen molar-refractivity contribution in [2.24, 2.45) is 11.8 Å². The number of nitrogens with one attached hydrogen (secondary N) is 1. The lowest BCUT2D eigenvalue weighted by Gasteiger charge is -2.42. The Bertz CT molecular complexity index is 1450. The monoisotopic (exact) mass is 610 g/mol. The molecule has 4 rings (SSSR count). The summed E-state index contributed by atoms with van der Waals surface area (Å²) < 4.78 is 33.0. The molecule has 2 amide bonds. The Morgan fingerprint density at radius 2 is 1.77 bits per heavy atom. The molecule has 0 bridgehead atoms. The zero-order valence-corrected chi connectivity index (χ0v) is 26.1. The van der Waals surface area contributed by atoms with E-state index in [4.69, 9.17) is 14.2 Å². The first-order valence-corrected chi connectivity index (χ1v) is 14.7. The maximum atomic E-state index is 14.9. The van der Waals surface area contributed by atoms with Crippen LogP contribution in [0.4, 0.5) is 9.18 Å². The summed E-state index contributed by atoms with van der Waals surface area (Å²) in [5, 5.41) is 7.13. The van der Waals surface area contributed by atoms with Gasteiger partial charge in [-0.15, -0.1) is 4.68 Å². The maximum absolute atomic E-state index is 14.9. The molecule has 2 heterocycles. The fourth-order valence-electron chi connectivity index (χ4n) is 5.17. The molecule has 0 radical (unpaired) electrons. The van der Waals surface area contributed by atoms with Gasteiger partial charge in [0.25, 0.3) is 0 Å². The molecule has 236 valence electrons. The van der Waals surface area contributed by atoms with Crippen molar-refractivity contribution in [1.29, 1.82) is 0 Å². The first kappa shape index (κ1) is 32.4. The largest absolute Gasteiger partial charge is 0.485 e. The Labute approximate surface area is 256 Å². The zero-order valence-electron chi connectivity index (χ0n) is 26.1. The predicted octanol–water partition coefficient (Wildman–Crippen LogP) is 4.30. The number of nitrogens with zero attached hydrogens (tertiary/aromatic N) is 4. The van der Waals surface area contributed by atoms with Crippen molar-refractivity contribution in [2.75, 3.05) is 26.7 Å². The van der Waals surface area contributed by atoms with Crippen LogP contribution < -0.4 is 9.42 Å². The number of carbonyl (C=O) groups excluding carboxylic acids is 3. The number of likely N-dealkylation sites (tertiary alicyclic amines) is 1. The van der Waals surface area contributed by atoms with E-state index >= 15 is 0 Å². The second-order valence-electron chi connectivity index (χ2n) is 12.2. The number of benzene rings is 2. The number of aromatic amines is 1. The van der Waals surface area contributed by atoms with Gasteiger partial charge in [-0.05, 0) is 57.4 Å². The van der Waals surface area contributed by atoms with Gasteiger partial charge in [-0.3, -0.25) is 9.59 Å². The number of rotatable bonds is 9. The van der Waals surface area contributed by atoms with E-state index in [9.17, 15) is 18.8 Å². The van der Waals surface area contributed by atoms with Crippen LogP contribution in [0.2, 0.25) is 0 Å². The Morgan fingerprint density at radius 3 is 2.41 bits per heavy atom. The van der Waals surface area contributed by atoms with Crippen molar-refractivity contribution in [3.63, 3.8) is 0 Å². The van der Waals surface area contributed by atoms with Gasteiger partial charge < -0.3 is 24.0 Å². The summed E-state index contributed by atoms with van der Waals surface area (Å²) in [6.07, 6.45) is -0.306. The quantitative estimate of drug-likeness (QED) is 0.284. The fraction of sp³-hybridized carbons (Fsp3) is 0.469. The summed E-state index contributed by atoms with van der Waals surface area (Å²) in [7, 11) is 1.30. The van der Waals surface area contributed by atoms with Gasteiger partial charge in [0, 0.05) is 19.6 Å². The summed E-state index contributed by atoms with van der Waals surface area (Å²) in [5.41, 5.74) is -0.238. The van der Waals surface area contributed by atoms with Crippen molar-refractivity contribution in [2.45, 2.75) is 59.3 Å². The topological polar surface area (TPSA) is 118 Å². The lowest BCUT2D eigenvalue weighted by atomic mass is 9.92. The molecule has 1 aromatic heterocycles. The lowest BCUT2D eigenvalue weighted by molar-refractivity contribution is -0.670. The smallest absolute Gasteiger partial charge is 0.410 e. The third kappa shape index (κ3) is 7.91. The first-order chi connectivity index (χ1) is 20.9. The molecule has 2 atom stereocenters. The maximum Gasteiger partial charge on any atom is 0.410 e. The van der Waals surface area contributed by atoms with E-state index in [1.165, 1.54) is 22.8 Å². The molecule has 2 aromatic carbocycles. The van der Waals surface area contributed by atoms with E-state index in [0.717, 1.165) is 0 Å². The van der Waals surface area contributed by atoms with E-state index in [0.29, 0.717) is 18.0 Å². The minimum absolute atomic E-state index is 0.0360. The SMILES string of the molecule is COC(=O)[C@@H]1C[C@H](N(CC(C)C)C(=O)c2n[nH][n+](-c3ccccc3F)c2COc2ccccc2)CN(C(=O)OC(C)(C)C)C1. The average Bonchev–Trinajstić information content (AvgIpc) is 3.41. The molecular formula is C32H41FN5O6+. The number of esters is 1. The predicted molar refractivity (Wildman–Crippen MR) is 158 cm³/mol. The molecule has 1 N–H and O–H groups in total. The number of methoxy groups -OCH3 is 1. The highest BCUT2D eigenvalue weighted by molar-refractivity contribution is 5.93. The highest BCUT2D eigenvalue weighted by Gasteiger charge is 2.43. The molecule has 0 aliphatic carbocycles. The van der Waals surface area contributed by atoms with E-state index in [2.05, 4.69) is 10.3 Å². The molecule has 0 spiro atoms. The Kier molecular flexibility index (Phi) is 10.2. The van der Waals surface area contributed by atoms with E-state index in [1.807, 2.05) is 32.0 Å². The van der Waals surface area contributed by atoms with Crippen LogP contribution in [0.5, 0.6) is 5.75 Å². The molecule has 1 fully saturated rings. The number of amides is 2.